The van der Waals surface area contributed by atoms with Crippen LogP contribution in [0.1, 0.15) is 12.8 Å². The molecule has 1 heterocycles. The Hall–Kier alpha value is -1.40. The molecule has 0 aromatic rings. The SMILES string of the molecule is O=C1OC(=O)OC2CC(F)(F)CC2O1. The molecule has 7 heteroatoms. The number of hydrogen-bond donors (Lipinski definition) is 0. The van der Waals surface area contributed by atoms with Gasteiger partial charge in [-0.25, -0.2) is 18.4 Å². The summed E-state index contributed by atoms with van der Waals surface area (Å²) in [5.41, 5.74) is 0. The predicted octanol–water partition coefficient (Wildman–Crippen LogP) is 1.46. The van der Waals surface area contributed by atoms with E-state index in [0.717, 1.165) is 0 Å². The van der Waals surface area contributed by atoms with E-state index in [1.54, 1.807) is 0 Å². The Morgan fingerprint density at radius 2 is 1.50 bits per heavy atom. The first kappa shape index (κ1) is 9.17. The molecule has 2 fully saturated rings. The first-order valence-electron chi connectivity index (χ1n) is 3.93. The van der Waals surface area contributed by atoms with E-state index in [-0.39, 0.29) is 0 Å². The van der Waals surface area contributed by atoms with Gasteiger partial charge in [0.15, 0.2) is 0 Å². The summed E-state index contributed by atoms with van der Waals surface area (Å²) in [6.07, 6.45) is -6.08. The minimum atomic E-state index is -2.97. The summed E-state index contributed by atoms with van der Waals surface area (Å²) in [5, 5.41) is 0. The number of hydrogen-bond acceptors (Lipinski definition) is 5. The van der Waals surface area contributed by atoms with Crippen molar-refractivity contribution in [1.29, 1.82) is 0 Å². The van der Waals surface area contributed by atoms with Crippen LogP contribution in [0.25, 0.3) is 0 Å². The van der Waals surface area contributed by atoms with Crippen molar-refractivity contribution >= 4 is 12.3 Å². The van der Waals surface area contributed by atoms with Gasteiger partial charge in [-0.1, -0.05) is 0 Å². The summed E-state index contributed by atoms with van der Waals surface area (Å²) >= 11 is 0. The van der Waals surface area contributed by atoms with Crippen LogP contribution in [0.5, 0.6) is 0 Å². The number of rotatable bonds is 0. The van der Waals surface area contributed by atoms with Crippen molar-refractivity contribution < 1.29 is 32.6 Å². The lowest BCUT2D eigenvalue weighted by atomic mass is 10.3. The van der Waals surface area contributed by atoms with Gasteiger partial charge in [-0.15, -0.1) is 0 Å². The molecule has 0 aromatic carbocycles. The maximum Gasteiger partial charge on any atom is 0.518 e. The highest BCUT2D eigenvalue weighted by Gasteiger charge is 2.52. The van der Waals surface area contributed by atoms with Crippen molar-refractivity contribution in [2.75, 3.05) is 0 Å². The normalized spacial score (nSPS) is 35.0. The van der Waals surface area contributed by atoms with Gasteiger partial charge in [0.2, 0.25) is 0 Å². The third-order valence-electron chi connectivity index (χ3n) is 2.08. The molecule has 2 rings (SSSR count). The first-order chi connectivity index (χ1) is 6.46. The second-order valence-corrected chi connectivity index (χ2v) is 3.18. The summed E-state index contributed by atoms with van der Waals surface area (Å²) in [6.45, 7) is 0. The van der Waals surface area contributed by atoms with E-state index in [2.05, 4.69) is 14.2 Å². The minimum absolute atomic E-state index is 0.639. The summed E-state index contributed by atoms with van der Waals surface area (Å²) in [6, 6.07) is 0. The lowest BCUT2D eigenvalue weighted by molar-refractivity contribution is -0.0173. The van der Waals surface area contributed by atoms with E-state index in [1.807, 2.05) is 0 Å². The van der Waals surface area contributed by atoms with E-state index >= 15 is 0 Å². The van der Waals surface area contributed by atoms with E-state index in [0.29, 0.717) is 0 Å². The molecule has 5 nitrogen and oxygen atoms in total. The van der Waals surface area contributed by atoms with E-state index < -0.39 is 43.3 Å². The third kappa shape index (κ3) is 1.61. The number of halogens is 2. The standard InChI is InChI=1S/C7H6F2O5/c8-7(9)1-3-4(2-7)13-6(11)14-5(10)12-3/h3-4H,1-2H2. The highest BCUT2D eigenvalue weighted by molar-refractivity contribution is 5.78. The average molecular weight is 208 g/mol. The fourth-order valence-electron chi connectivity index (χ4n) is 1.53. The summed E-state index contributed by atoms with van der Waals surface area (Å²) < 4.78 is 38.5. The van der Waals surface area contributed by atoms with Gasteiger partial charge in [0.05, 0.1) is 12.8 Å². The molecule has 0 aromatic heterocycles. The summed E-state index contributed by atoms with van der Waals surface area (Å²) in [7, 11) is 0. The van der Waals surface area contributed by atoms with Gasteiger partial charge in [-0.2, -0.15) is 0 Å². The number of ether oxygens (including phenoxy) is 3. The van der Waals surface area contributed by atoms with Crippen LogP contribution in [0.4, 0.5) is 18.4 Å². The van der Waals surface area contributed by atoms with Gasteiger partial charge < -0.3 is 14.2 Å². The fourth-order valence-corrected chi connectivity index (χ4v) is 1.53. The Kier molecular flexibility index (Phi) is 1.83. The zero-order valence-electron chi connectivity index (χ0n) is 6.87. The number of carbonyl (C=O) groups excluding carboxylic acids is 2. The monoisotopic (exact) mass is 208 g/mol. The maximum absolute atomic E-state index is 12.8. The van der Waals surface area contributed by atoms with Crippen molar-refractivity contribution in [2.45, 2.75) is 31.0 Å². The lowest BCUT2D eigenvalue weighted by Gasteiger charge is -2.11. The maximum atomic E-state index is 12.8. The van der Waals surface area contributed by atoms with Gasteiger partial charge in [0, 0.05) is 0 Å². The molecular formula is C7H6F2O5. The summed E-state index contributed by atoms with van der Waals surface area (Å²) in [4.78, 5) is 21.3. The third-order valence-corrected chi connectivity index (χ3v) is 2.08. The van der Waals surface area contributed by atoms with Crippen molar-refractivity contribution in [1.82, 2.24) is 0 Å². The Balaban J connectivity index is 2.15. The second-order valence-electron chi connectivity index (χ2n) is 3.18. The molecule has 0 spiro atoms. The molecule has 0 amide bonds. The van der Waals surface area contributed by atoms with Crippen LogP contribution in [0.3, 0.4) is 0 Å². The molecule has 14 heavy (non-hydrogen) atoms. The fraction of sp³-hybridized carbons (Fsp3) is 0.714. The van der Waals surface area contributed by atoms with Crippen LogP contribution in [-0.4, -0.2) is 30.4 Å². The van der Waals surface area contributed by atoms with Gasteiger partial charge in [-0.3, -0.25) is 0 Å². The van der Waals surface area contributed by atoms with E-state index in [4.69, 9.17) is 0 Å². The molecule has 2 aliphatic rings. The van der Waals surface area contributed by atoms with E-state index in [9.17, 15) is 18.4 Å². The molecule has 1 saturated carbocycles. The molecule has 1 aliphatic heterocycles. The number of carbonyl (C=O) groups is 2. The first-order valence-corrected chi connectivity index (χ1v) is 3.93. The van der Waals surface area contributed by atoms with Crippen molar-refractivity contribution in [3.05, 3.63) is 0 Å². The highest BCUT2D eigenvalue weighted by atomic mass is 19.3. The molecular weight excluding hydrogens is 202 g/mol. The molecule has 1 aliphatic carbocycles. The average Bonchev–Trinajstić information content (AvgIpc) is 2.17. The van der Waals surface area contributed by atoms with Crippen molar-refractivity contribution in [3.63, 3.8) is 0 Å². The smallest absolute Gasteiger partial charge is 0.426 e. The molecule has 2 unspecified atom stereocenters. The van der Waals surface area contributed by atoms with Crippen LogP contribution < -0.4 is 0 Å². The zero-order chi connectivity index (χ0) is 10.3. The summed E-state index contributed by atoms with van der Waals surface area (Å²) in [5.74, 6) is -2.97. The minimum Gasteiger partial charge on any atom is -0.426 e. The molecule has 0 bridgehead atoms. The number of alkyl halides is 2. The number of cyclic esters (lactones) is 2. The molecule has 1 saturated heterocycles. The van der Waals surface area contributed by atoms with Crippen LogP contribution >= 0.6 is 0 Å². The van der Waals surface area contributed by atoms with Gasteiger partial charge in [-0.05, 0) is 0 Å². The molecule has 78 valence electrons. The second kappa shape index (κ2) is 2.79. The van der Waals surface area contributed by atoms with E-state index in [1.165, 1.54) is 0 Å². The van der Waals surface area contributed by atoms with Gasteiger partial charge >= 0.3 is 12.3 Å². The topological polar surface area (TPSA) is 61.8 Å². The van der Waals surface area contributed by atoms with Crippen LogP contribution in [-0.2, 0) is 14.2 Å². The highest BCUT2D eigenvalue weighted by Crippen LogP contribution is 2.39. The molecule has 0 radical (unpaired) electrons. The van der Waals surface area contributed by atoms with Crippen LogP contribution in [0, 0.1) is 0 Å². The van der Waals surface area contributed by atoms with Gasteiger partial charge in [0.1, 0.15) is 12.2 Å². The molecule has 2 atom stereocenters. The number of fused-ring (bicyclic) bond motifs is 1. The van der Waals surface area contributed by atoms with Crippen molar-refractivity contribution in [2.24, 2.45) is 0 Å². The Labute approximate surface area is 76.9 Å². The lowest BCUT2D eigenvalue weighted by Crippen LogP contribution is -2.24. The Bertz CT molecular complexity index is 264. The predicted molar refractivity (Wildman–Crippen MR) is 35.8 cm³/mol. The van der Waals surface area contributed by atoms with Crippen molar-refractivity contribution in [3.8, 4) is 0 Å². The largest absolute Gasteiger partial charge is 0.518 e. The Morgan fingerprint density at radius 1 is 1.07 bits per heavy atom. The van der Waals surface area contributed by atoms with Gasteiger partial charge in [0.25, 0.3) is 5.92 Å². The quantitative estimate of drug-likeness (QED) is 0.445. The molecule has 0 N–H and O–H groups in total. The zero-order valence-corrected chi connectivity index (χ0v) is 6.87. The Morgan fingerprint density at radius 3 is 1.93 bits per heavy atom. The van der Waals surface area contributed by atoms with Crippen LogP contribution in [0.15, 0.2) is 0 Å². The van der Waals surface area contributed by atoms with Crippen LogP contribution in [0.2, 0.25) is 0 Å².